The van der Waals surface area contributed by atoms with Gasteiger partial charge in [0, 0.05) is 16.9 Å². The van der Waals surface area contributed by atoms with Gasteiger partial charge in [-0.05, 0) is 61.8 Å². The lowest BCUT2D eigenvalue weighted by atomic mass is 9.75. The number of fused-ring (bicyclic) bond motifs is 1. The van der Waals surface area contributed by atoms with Crippen molar-refractivity contribution in [3.8, 4) is 0 Å². The molecule has 0 bridgehead atoms. The van der Waals surface area contributed by atoms with Gasteiger partial charge in [-0.25, -0.2) is 4.79 Å². The van der Waals surface area contributed by atoms with E-state index in [9.17, 15) is 9.90 Å². The predicted octanol–water partition coefficient (Wildman–Crippen LogP) is 4.63. The van der Waals surface area contributed by atoms with E-state index in [1.165, 1.54) is 4.88 Å². The number of aryl methyl sites for hydroxylation is 1. The van der Waals surface area contributed by atoms with Crippen molar-refractivity contribution in [2.45, 2.75) is 70.8 Å². The summed E-state index contributed by atoms with van der Waals surface area (Å²) in [6, 6.07) is 0. The van der Waals surface area contributed by atoms with Gasteiger partial charge in [0.25, 0.3) is 0 Å². The first-order chi connectivity index (χ1) is 10.4. The van der Waals surface area contributed by atoms with Crippen molar-refractivity contribution in [1.82, 2.24) is 0 Å². The quantitative estimate of drug-likeness (QED) is 0.882. The van der Waals surface area contributed by atoms with Crippen LogP contribution >= 0.6 is 11.3 Å². The molecule has 22 heavy (non-hydrogen) atoms. The molecule has 1 fully saturated rings. The Hall–Kier alpha value is -0.870. The van der Waals surface area contributed by atoms with E-state index in [0.29, 0.717) is 17.6 Å². The molecule has 1 aromatic heterocycles. The van der Waals surface area contributed by atoms with E-state index in [1.807, 2.05) is 0 Å². The Balaban J connectivity index is 1.92. The van der Waals surface area contributed by atoms with Crippen LogP contribution in [-0.4, -0.2) is 24.3 Å². The van der Waals surface area contributed by atoms with Crippen molar-refractivity contribution >= 4 is 17.3 Å². The average Bonchev–Trinajstić information content (AvgIpc) is 2.84. The van der Waals surface area contributed by atoms with Crippen LogP contribution in [0.3, 0.4) is 0 Å². The van der Waals surface area contributed by atoms with Crippen LogP contribution in [0.5, 0.6) is 0 Å². The van der Waals surface area contributed by atoms with E-state index in [4.69, 9.17) is 4.74 Å². The van der Waals surface area contributed by atoms with Crippen LogP contribution in [0.15, 0.2) is 0 Å². The number of thiophene rings is 1. The molecule has 1 saturated carbocycles. The molecule has 122 valence electrons. The lowest BCUT2D eigenvalue weighted by Crippen LogP contribution is -2.23. The van der Waals surface area contributed by atoms with E-state index >= 15 is 0 Å². The van der Waals surface area contributed by atoms with E-state index in [1.54, 1.807) is 18.4 Å². The summed E-state index contributed by atoms with van der Waals surface area (Å²) in [7, 11) is 1.78. The minimum Gasteiger partial charge on any atom is -0.478 e. The van der Waals surface area contributed by atoms with Crippen molar-refractivity contribution in [2.75, 3.05) is 7.11 Å². The van der Waals surface area contributed by atoms with E-state index in [-0.39, 0.29) is 5.41 Å². The van der Waals surface area contributed by atoms with Gasteiger partial charge in [0.05, 0.1) is 11.7 Å². The predicted molar refractivity (Wildman–Crippen MR) is 89.1 cm³/mol. The van der Waals surface area contributed by atoms with Gasteiger partial charge in [-0.2, -0.15) is 0 Å². The number of methoxy groups -OCH3 is 1. The molecule has 3 nitrogen and oxygen atoms in total. The van der Waals surface area contributed by atoms with Crippen LogP contribution in [0.4, 0.5) is 0 Å². The molecule has 0 unspecified atom stereocenters. The molecule has 1 heterocycles. The number of aromatic carboxylic acids is 1. The Morgan fingerprint density at radius 3 is 2.55 bits per heavy atom. The molecular formula is C18H26O3S. The monoisotopic (exact) mass is 322 g/mol. The standard InChI is InChI=1S/C18H26O3S/c1-18(2)9-8-14-13(10-18)15(17(19)20)16(22-14)11-4-6-12(21-3)7-5-11/h11-12H,4-10H2,1-3H3,(H,19,20). The molecule has 2 aliphatic carbocycles. The molecule has 0 radical (unpaired) electrons. The normalized spacial score (nSPS) is 27.4. The lowest BCUT2D eigenvalue weighted by Gasteiger charge is -2.29. The zero-order valence-electron chi connectivity index (χ0n) is 13.8. The molecule has 0 aromatic carbocycles. The summed E-state index contributed by atoms with van der Waals surface area (Å²) in [6.45, 7) is 4.51. The Morgan fingerprint density at radius 2 is 1.95 bits per heavy atom. The Kier molecular flexibility index (Phi) is 4.34. The van der Waals surface area contributed by atoms with Gasteiger partial charge in [-0.15, -0.1) is 11.3 Å². The van der Waals surface area contributed by atoms with Gasteiger partial charge < -0.3 is 9.84 Å². The molecule has 4 heteroatoms. The van der Waals surface area contributed by atoms with Gasteiger partial charge in [0.2, 0.25) is 0 Å². The SMILES string of the molecule is COC1CCC(c2sc3c(c2C(=O)O)CC(C)(C)CC3)CC1. The van der Waals surface area contributed by atoms with Crippen LogP contribution < -0.4 is 0 Å². The van der Waals surface area contributed by atoms with Crippen molar-refractivity contribution in [1.29, 1.82) is 0 Å². The highest BCUT2D eigenvalue weighted by Gasteiger charge is 2.35. The van der Waals surface area contributed by atoms with Crippen molar-refractivity contribution in [2.24, 2.45) is 5.41 Å². The fourth-order valence-electron chi connectivity index (χ4n) is 4.02. The second-order valence-electron chi connectivity index (χ2n) is 7.60. The lowest BCUT2D eigenvalue weighted by molar-refractivity contribution is 0.0650. The summed E-state index contributed by atoms with van der Waals surface area (Å²) in [5, 5.41) is 9.79. The zero-order chi connectivity index (χ0) is 15.9. The van der Waals surface area contributed by atoms with Crippen LogP contribution in [0.2, 0.25) is 0 Å². The first-order valence-electron chi connectivity index (χ1n) is 8.32. The summed E-state index contributed by atoms with van der Waals surface area (Å²) >= 11 is 1.78. The molecule has 2 aliphatic rings. The summed E-state index contributed by atoms with van der Waals surface area (Å²) in [5.74, 6) is -0.310. The van der Waals surface area contributed by atoms with Gasteiger partial charge in [0.15, 0.2) is 0 Å². The number of carboxylic acids is 1. The second-order valence-corrected chi connectivity index (χ2v) is 8.74. The van der Waals surface area contributed by atoms with Crippen molar-refractivity contribution < 1.29 is 14.6 Å². The molecule has 3 rings (SSSR count). The number of rotatable bonds is 3. The molecule has 0 aliphatic heterocycles. The Labute approximate surface area is 136 Å². The maximum absolute atomic E-state index is 11.9. The smallest absolute Gasteiger partial charge is 0.337 e. The molecule has 1 N–H and O–H groups in total. The number of ether oxygens (including phenoxy) is 1. The largest absolute Gasteiger partial charge is 0.478 e. The Bertz CT molecular complexity index is 565. The van der Waals surface area contributed by atoms with Gasteiger partial charge in [0.1, 0.15) is 0 Å². The molecule has 0 spiro atoms. The third-order valence-corrected chi connectivity index (χ3v) is 6.85. The molecule has 0 saturated heterocycles. The first kappa shape index (κ1) is 16.0. The third-order valence-electron chi connectivity index (χ3n) is 5.39. The van der Waals surface area contributed by atoms with Crippen LogP contribution in [0, 0.1) is 5.41 Å². The van der Waals surface area contributed by atoms with Gasteiger partial charge in [-0.1, -0.05) is 13.8 Å². The summed E-state index contributed by atoms with van der Waals surface area (Å²) < 4.78 is 5.45. The molecular weight excluding hydrogens is 296 g/mol. The number of hydrogen-bond acceptors (Lipinski definition) is 3. The Morgan fingerprint density at radius 1 is 1.27 bits per heavy atom. The van der Waals surface area contributed by atoms with E-state index in [0.717, 1.165) is 55.4 Å². The summed E-state index contributed by atoms with van der Waals surface area (Å²) in [5.41, 5.74) is 2.01. The molecule has 0 amide bonds. The van der Waals surface area contributed by atoms with Crippen LogP contribution in [0.25, 0.3) is 0 Å². The third kappa shape index (κ3) is 2.95. The highest BCUT2D eigenvalue weighted by molar-refractivity contribution is 7.12. The van der Waals surface area contributed by atoms with Gasteiger partial charge in [-0.3, -0.25) is 0 Å². The van der Waals surface area contributed by atoms with E-state index < -0.39 is 5.97 Å². The average molecular weight is 322 g/mol. The fraction of sp³-hybridized carbons (Fsp3) is 0.722. The fourth-order valence-corrected chi connectivity index (χ4v) is 5.51. The van der Waals surface area contributed by atoms with Crippen LogP contribution in [0.1, 0.15) is 77.5 Å². The minimum atomic E-state index is -0.723. The first-order valence-corrected chi connectivity index (χ1v) is 9.13. The highest BCUT2D eigenvalue weighted by Crippen LogP contribution is 2.46. The van der Waals surface area contributed by atoms with Gasteiger partial charge >= 0.3 is 5.97 Å². The number of hydrogen-bond donors (Lipinski definition) is 1. The summed E-state index contributed by atoms with van der Waals surface area (Å²) in [6.07, 6.45) is 7.69. The zero-order valence-corrected chi connectivity index (χ0v) is 14.6. The van der Waals surface area contributed by atoms with E-state index in [2.05, 4.69) is 13.8 Å². The molecule has 0 atom stereocenters. The number of carboxylic acid groups (broad SMARTS) is 1. The highest BCUT2D eigenvalue weighted by atomic mass is 32.1. The minimum absolute atomic E-state index is 0.225. The second kappa shape index (κ2) is 5.97. The van der Waals surface area contributed by atoms with Crippen molar-refractivity contribution in [3.63, 3.8) is 0 Å². The maximum atomic E-state index is 11.9. The molecule has 1 aromatic rings. The maximum Gasteiger partial charge on any atom is 0.337 e. The topological polar surface area (TPSA) is 46.5 Å². The summed E-state index contributed by atoms with van der Waals surface area (Å²) in [4.78, 5) is 14.4. The number of carbonyl (C=O) groups is 1. The van der Waals surface area contributed by atoms with Crippen LogP contribution in [-0.2, 0) is 17.6 Å². The van der Waals surface area contributed by atoms with Crippen molar-refractivity contribution in [3.05, 3.63) is 20.9 Å².